The average molecular weight is 270 g/mol. The highest BCUT2D eigenvalue weighted by molar-refractivity contribution is 5.25. The van der Waals surface area contributed by atoms with Gasteiger partial charge >= 0.3 is 5.92 Å². The number of unbranched alkanes of at least 4 members (excludes halogenated alkanes) is 1. The summed E-state index contributed by atoms with van der Waals surface area (Å²) in [5.74, 6) is -6.79. The van der Waals surface area contributed by atoms with E-state index in [1.807, 2.05) is 6.92 Å². The predicted molar refractivity (Wildman–Crippen MR) is 68.8 cm³/mol. The molecule has 0 radical (unpaired) electrons. The molecule has 1 heterocycles. The molecule has 0 amide bonds. The number of hydrogen-bond donors (Lipinski definition) is 1. The summed E-state index contributed by atoms with van der Waals surface area (Å²) in [7, 11) is 0. The lowest BCUT2D eigenvalue weighted by atomic mass is 9.90. The van der Waals surface area contributed by atoms with E-state index < -0.39 is 23.7 Å². The van der Waals surface area contributed by atoms with Crippen LogP contribution in [0.1, 0.15) is 38.7 Å². The summed E-state index contributed by atoms with van der Waals surface area (Å²) in [6.07, 6.45) is 1.67. The molecule has 1 saturated heterocycles. The molecule has 0 spiro atoms. The third-order valence-electron chi connectivity index (χ3n) is 3.91. The maximum Gasteiger partial charge on any atom is 0.310 e. The topological polar surface area (TPSA) is 29.5 Å². The highest BCUT2D eigenvalue weighted by Crippen LogP contribution is 2.52. The van der Waals surface area contributed by atoms with E-state index in [0.29, 0.717) is 6.42 Å². The van der Waals surface area contributed by atoms with Crippen LogP contribution >= 0.6 is 0 Å². The maximum atomic E-state index is 14.4. The number of rotatable bonds is 4. The first kappa shape index (κ1) is 14.4. The maximum absolute atomic E-state index is 14.4. The number of hydrogen-bond acceptors (Lipinski definition) is 2. The zero-order chi connectivity index (χ0) is 14.1. The normalized spacial score (nSPS) is 33.5. The van der Waals surface area contributed by atoms with E-state index in [2.05, 4.69) is 0 Å². The molecule has 3 atom stereocenters. The molecule has 0 saturated carbocycles. The van der Waals surface area contributed by atoms with Gasteiger partial charge in [0.1, 0.15) is 0 Å². The molecule has 1 aromatic rings. The third-order valence-corrected chi connectivity index (χ3v) is 3.91. The molecule has 1 N–H and O–H groups in total. The van der Waals surface area contributed by atoms with Crippen LogP contribution in [0.25, 0.3) is 0 Å². The molecule has 4 heteroatoms. The third kappa shape index (κ3) is 2.28. The van der Waals surface area contributed by atoms with Gasteiger partial charge in [-0.25, -0.2) is 0 Å². The van der Waals surface area contributed by atoms with E-state index in [-0.39, 0.29) is 5.56 Å². The molecule has 2 nitrogen and oxygen atoms in total. The lowest BCUT2D eigenvalue weighted by molar-refractivity contribution is -0.292. The SMILES string of the molecule is CCCC[C@H]1O[C@](O)(c2ccccc2)C(F)(F)C1C. The summed E-state index contributed by atoms with van der Waals surface area (Å²) >= 11 is 0. The second-order valence-corrected chi connectivity index (χ2v) is 5.22. The smallest absolute Gasteiger partial charge is 0.310 e. The van der Waals surface area contributed by atoms with Gasteiger partial charge in [0.2, 0.25) is 0 Å². The summed E-state index contributed by atoms with van der Waals surface area (Å²) in [4.78, 5) is 0. The fraction of sp³-hybridized carbons (Fsp3) is 0.600. The zero-order valence-corrected chi connectivity index (χ0v) is 11.3. The van der Waals surface area contributed by atoms with Gasteiger partial charge in [-0.05, 0) is 6.42 Å². The fourth-order valence-corrected chi connectivity index (χ4v) is 2.58. The van der Waals surface area contributed by atoms with Gasteiger partial charge in [0.25, 0.3) is 5.79 Å². The Bertz CT molecular complexity index is 421. The summed E-state index contributed by atoms with van der Waals surface area (Å²) in [5.41, 5.74) is 0.117. The van der Waals surface area contributed by atoms with Crippen LogP contribution < -0.4 is 0 Å². The van der Waals surface area contributed by atoms with Gasteiger partial charge in [-0.2, -0.15) is 8.78 Å². The standard InChI is InChI=1S/C15H20F2O2/c1-3-4-10-13-11(2)14(16,17)15(18,19-13)12-8-6-5-7-9-12/h5-9,11,13,18H,3-4,10H2,1-2H3/t11?,13-,15-/m1/s1. The van der Waals surface area contributed by atoms with E-state index in [1.165, 1.54) is 19.1 Å². The largest absolute Gasteiger partial charge is 0.357 e. The molecule has 19 heavy (non-hydrogen) atoms. The first-order chi connectivity index (χ1) is 8.93. The monoisotopic (exact) mass is 270 g/mol. The van der Waals surface area contributed by atoms with E-state index >= 15 is 0 Å². The number of halogens is 2. The van der Waals surface area contributed by atoms with Crippen molar-refractivity contribution in [2.75, 3.05) is 0 Å². The van der Waals surface area contributed by atoms with Crippen molar-refractivity contribution in [1.82, 2.24) is 0 Å². The number of benzene rings is 1. The molecule has 0 aliphatic carbocycles. The molecular formula is C15H20F2O2. The van der Waals surface area contributed by atoms with Crippen molar-refractivity contribution in [3.63, 3.8) is 0 Å². The minimum Gasteiger partial charge on any atom is -0.357 e. The van der Waals surface area contributed by atoms with Crippen molar-refractivity contribution >= 4 is 0 Å². The first-order valence-corrected chi connectivity index (χ1v) is 6.77. The van der Waals surface area contributed by atoms with Crippen molar-refractivity contribution in [3.05, 3.63) is 35.9 Å². The zero-order valence-electron chi connectivity index (χ0n) is 11.3. The quantitative estimate of drug-likeness (QED) is 0.904. The van der Waals surface area contributed by atoms with Crippen LogP contribution in [0.4, 0.5) is 8.78 Å². The Morgan fingerprint density at radius 2 is 1.89 bits per heavy atom. The molecule has 1 unspecified atom stereocenters. The Labute approximate surface area is 112 Å². The molecule has 1 aliphatic rings. The van der Waals surface area contributed by atoms with Crippen molar-refractivity contribution in [2.45, 2.75) is 50.9 Å². The van der Waals surface area contributed by atoms with Gasteiger partial charge in [-0.15, -0.1) is 0 Å². The van der Waals surface area contributed by atoms with Crippen LogP contribution in [-0.2, 0) is 10.5 Å². The first-order valence-electron chi connectivity index (χ1n) is 6.77. The van der Waals surface area contributed by atoms with Crippen LogP contribution in [0.5, 0.6) is 0 Å². The molecule has 0 aromatic heterocycles. The van der Waals surface area contributed by atoms with Crippen molar-refractivity contribution in [2.24, 2.45) is 5.92 Å². The summed E-state index contributed by atoms with van der Waals surface area (Å²) in [6, 6.07) is 7.91. The highest BCUT2D eigenvalue weighted by Gasteiger charge is 2.66. The van der Waals surface area contributed by atoms with Gasteiger partial charge in [-0.1, -0.05) is 57.0 Å². The second-order valence-electron chi connectivity index (χ2n) is 5.22. The van der Waals surface area contributed by atoms with E-state index in [1.54, 1.807) is 18.2 Å². The predicted octanol–water partition coefficient (Wildman–Crippen LogP) is 3.69. The Balaban J connectivity index is 2.30. The Morgan fingerprint density at radius 1 is 1.26 bits per heavy atom. The van der Waals surface area contributed by atoms with E-state index in [4.69, 9.17) is 4.74 Å². The van der Waals surface area contributed by atoms with E-state index in [0.717, 1.165) is 12.8 Å². The molecule has 1 fully saturated rings. The average Bonchev–Trinajstić information content (AvgIpc) is 2.59. The fourth-order valence-electron chi connectivity index (χ4n) is 2.58. The van der Waals surface area contributed by atoms with Crippen molar-refractivity contribution in [3.8, 4) is 0 Å². The van der Waals surface area contributed by atoms with E-state index in [9.17, 15) is 13.9 Å². The van der Waals surface area contributed by atoms with Gasteiger partial charge in [0, 0.05) is 5.56 Å². The second kappa shape index (κ2) is 5.17. The molecule has 2 rings (SSSR count). The number of ether oxygens (including phenoxy) is 1. The van der Waals surface area contributed by atoms with Crippen molar-refractivity contribution < 1.29 is 18.6 Å². The lowest BCUT2D eigenvalue weighted by Crippen LogP contribution is -2.44. The Morgan fingerprint density at radius 3 is 2.47 bits per heavy atom. The van der Waals surface area contributed by atoms with Crippen molar-refractivity contribution in [1.29, 1.82) is 0 Å². The van der Waals surface area contributed by atoms with Crippen LogP contribution in [0.3, 0.4) is 0 Å². The number of alkyl halides is 2. The van der Waals surface area contributed by atoms with Gasteiger partial charge in [-0.3, -0.25) is 0 Å². The number of aliphatic hydroxyl groups is 1. The Kier molecular flexibility index (Phi) is 3.92. The summed E-state index contributed by atoms with van der Waals surface area (Å²) < 4.78 is 34.1. The van der Waals surface area contributed by atoms with Crippen LogP contribution in [0.2, 0.25) is 0 Å². The summed E-state index contributed by atoms with van der Waals surface area (Å²) in [5, 5.41) is 10.4. The molecule has 1 aromatic carbocycles. The molecular weight excluding hydrogens is 250 g/mol. The van der Waals surface area contributed by atoms with Crippen LogP contribution in [0, 0.1) is 5.92 Å². The van der Waals surface area contributed by atoms with Gasteiger partial charge in [0.05, 0.1) is 12.0 Å². The molecule has 0 bridgehead atoms. The minimum atomic E-state index is -3.28. The Hall–Kier alpha value is -1.00. The molecule has 106 valence electrons. The van der Waals surface area contributed by atoms with Gasteiger partial charge < -0.3 is 9.84 Å². The minimum absolute atomic E-state index is 0.117. The lowest BCUT2D eigenvalue weighted by Gasteiger charge is -2.29. The van der Waals surface area contributed by atoms with Crippen LogP contribution in [0.15, 0.2) is 30.3 Å². The molecule has 1 aliphatic heterocycles. The van der Waals surface area contributed by atoms with Crippen LogP contribution in [-0.4, -0.2) is 17.1 Å². The van der Waals surface area contributed by atoms with Gasteiger partial charge in [0.15, 0.2) is 0 Å². The highest BCUT2D eigenvalue weighted by atomic mass is 19.3. The summed E-state index contributed by atoms with van der Waals surface area (Å²) in [6.45, 7) is 3.45.